The predicted molar refractivity (Wildman–Crippen MR) is 127 cm³/mol. The fraction of sp³-hybridized carbons (Fsp3) is 0.833. The van der Waals surface area contributed by atoms with Gasteiger partial charge in [-0.25, -0.2) is 4.79 Å². The molecule has 0 aromatic rings. The van der Waals surface area contributed by atoms with Gasteiger partial charge in [-0.05, 0) is 73.9 Å². The minimum absolute atomic E-state index is 0.236. The summed E-state index contributed by atoms with van der Waals surface area (Å²) in [7, 11) is 0. The summed E-state index contributed by atoms with van der Waals surface area (Å²) < 4.78 is 20.2. The van der Waals surface area contributed by atoms with Crippen LogP contribution in [0.1, 0.15) is 87.5 Å². The summed E-state index contributed by atoms with van der Waals surface area (Å²) in [6.45, 7) is 15.3. The Bertz CT molecular complexity index is 596. The van der Waals surface area contributed by atoms with E-state index in [1.54, 1.807) is 41.5 Å². The largest absolute Gasteiger partial charge is 0.425 e. The molecule has 2 N–H and O–H groups in total. The third kappa shape index (κ3) is 16.3. The van der Waals surface area contributed by atoms with E-state index in [9.17, 15) is 19.2 Å². The Kier molecular flexibility index (Phi) is 14.4. The van der Waals surface area contributed by atoms with Crippen LogP contribution in [0.15, 0.2) is 0 Å². The Morgan fingerprint density at radius 3 is 1.65 bits per heavy atom. The van der Waals surface area contributed by atoms with Gasteiger partial charge in [0.2, 0.25) is 12.6 Å². The smallest absolute Gasteiger partial charge is 0.410 e. The first-order valence-corrected chi connectivity index (χ1v) is 11.9. The van der Waals surface area contributed by atoms with E-state index in [1.165, 1.54) is 13.8 Å². The van der Waals surface area contributed by atoms with Crippen LogP contribution in [0.3, 0.4) is 0 Å². The molecule has 198 valence electrons. The molecule has 0 radical (unpaired) electrons. The second-order valence-corrected chi connectivity index (χ2v) is 10.2. The summed E-state index contributed by atoms with van der Waals surface area (Å²) in [5, 5.41) is 5.88. The van der Waals surface area contributed by atoms with Crippen molar-refractivity contribution >= 4 is 24.0 Å². The first-order valence-electron chi connectivity index (χ1n) is 11.9. The number of rotatable bonds is 14. The van der Waals surface area contributed by atoms with Gasteiger partial charge in [0, 0.05) is 26.8 Å². The first kappa shape index (κ1) is 31.6. The van der Waals surface area contributed by atoms with E-state index in [0.29, 0.717) is 19.5 Å². The summed E-state index contributed by atoms with van der Waals surface area (Å²) in [6, 6.07) is 0. The summed E-state index contributed by atoms with van der Waals surface area (Å²) in [6.07, 6.45) is 0.978. The molecule has 0 aliphatic carbocycles. The molecular formula is C24H44N2O8. The Morgan fingerprint density at radius 2 is 1.12 bits per heavy atom. The van der Waals surface area contributed by atoms with Gasteiger partial charge in [0.15, 0.2) is 0 Å². The average molecular weight is 489 g/mol. The van der Waals surface area contributed by atoms with Crippen LogP contribution in [-0.4, -0.2) is 56.2 Å². The highest BCUT2D eigenvalue weighted by molar-refractivity contribution is 5.76. The Hall–Kier alpha value is -2.36. The zero-order chi connectivity index (χ0) is 26.4. The van der Waals surface area contributed by atoms with Crippen molar-refractivity contribution in [3.8, 4) is 0 Å². The molecule has 0 saturated carbocycles. The number of hydrogen-bond donors (Lipinski definition) is 2. The number of carbonyl (C=O) groups excluding carboxylic acids is 4. The van der Waals surface area contributed by atoms with Crippen molar-refractivity contribution in [1.82, 2.24) is 10.6 Å². The zero-order valence-electron chi connectivity index (χ0n) is 22.1. The number of carbonyl (C=O) groups is 4. The van der Waals surface area contributed by atoms with Crippen molar-refractivity contribution < 1.29 is 38.1 Å². The molecule has 0 aliphatic heterocycles. The van der Waals surface area contributed by atoms with E-state index >= 15 is 0 Å². The molecule has 0 aromatic carbocycles. The monoisotopic (exact) mass is 488 g/mol. The molecule has 2 unspecified atom stereocenters. The summed E-state index contributed by atoms with van der Waals surface area (Å²) in [4.78, 5) is 47.0. The minimum atomic E-state index is -0.949. The molecule has 0 aliphatic rings. The van der Waals surface area contributed by atoms with Crippen LogP contribution in [0.2, 0.25) is 0 Å². The predicted octanol–water partition coefficient (Wildman–Crippen LogP) is 3.67. The Balaban J connectivity index is 3.68. The normalized spacial score (nSPS) is 13.4. The number of unbranched alkanes of at least 4 members (excludes halogenated alkanes) is 2. The molecule has 10 heteroatoms. The molecule has 0 rings (SSSR count). The number of esters is 3. The molecule has 1 amide bonds. The second-order valence-electron chi connectivity index (χ2n) is 10.2. The molecule has 0 fully saturated rings. The maximum absolute atomic E-state index is 11.8. The van der Waals surface area contributed by atoms with E-state index in [2.05, 4.69) is 10.6 Å². The quantitative estimate of drug-likeness (QED) is 0.214. The summed E-state index contributed by atoms with van der Waals surface area (Å²) in [5.74, 6) is -1.26. The van der Waals surface area contributed by atoms with Crippen molar-refractivity contribution in [3.63, 3.8) is 0 Å². The molecule has 34 heavy (non-hydrogen) atoms. The third-order valence-corrected chi connectivity index (χ3v) is 4.38. The van der Waals surface area contributed by atoms with Gasteiger partial charge in [0.05, 0.1) is 10.8 Å². The lowest BCUT2D eigenvalue weighted by Crippen LogP contribution is -2.33. The molecular weight excluding hydrogens is 444 g/mol. The van der Waals surface area contributed by atoms with Gasteiger partial charge in [-0.1, -0.05) is 6.42 Å². The van der Waals surface area contributed by atoms with Crippen LogP contribution >= 0.6 is 0 Å². The second kappa shape index (κ2) is 15.5. The van der Waals surface area contributed by atoms with Crippen LogP contribution < -0.4 is 10.6 Å². The number of ether oxygens (including phenoxy) is 4. The van der Waals surface area contributed by atoms with Gasteiger partial charge in [-0.3, -0.25) is 14.4 Å². The zero-order valence-corrected chi connectivity index (χ0v) is 22.1. The molecule has 10 nitrogen and oxygen atoms in total. The van der Waals surface area contributed by atoms with E-state index < -0.39 is 47.4 Å². The minimum Gasteiger partial charge on any atom is -0.425 e. The maximum atomic E-state index is 11.8. The molecule has 0 saturated heterocycles. The van der Waals surface area contributed by atoms with Crippen molar-refractivity contribution in [2.45, 2.75) is 100 Å². The molecule has 0 heterocycles. The number of nitrogens with one attached hydrogen (secondary N) is 2. The van der Waals surface area contributed by atoms with Crippen molar-refractivity contribution in [1.29, 1.82) is 0 Å². The van der Waals surface area contributed by atoms with Crippen LogP contribution in [0, 0.1) is 10.8 Å². The van der Waals surface area contributed by atoms with Crippen molar-refractivity contribution in [2.24, 2.45) is 10.8 Å². The number of amides is 1. The van der Waals surface area contributed by atoms with Crippen LogP contribution in [0.5, 0.6) is 0 Å². The Labute approximate surface area is 203 Å². The van der Waals surface area contributed by atoms with Crippen molar-refractivity contribution in [2.75, 3.05) is 19.6 Å². The lowest BCUT2D eigenvalue weighted by atomic mass is 9.97. The summed E-state index contributed by atoms with van der Waals surface area (Å²) >= 11 is 0. The van der Waals surface area contributed by atoms with Gasteiger partial charge >= 0.3 is 24.0 Å². The van der Waals surface area contributed by atoms with Gasteiger partial charge in [-0.2, -0.15) is 0 Å². The Morgan fingerprint density at radius 1 is 0.647 bits per heavy atom. The molecule has 2 atom stereocenters. The average Bonchev–Trinajstić information content (AvgIpc) is 2.67. The molecule has 0 bridgehead atoms. The van der Waals surface area contributed by atoms with E-state index in [4.69, 9.17) is 18.9 Å². The van der Waals surface area contributed by atoms with Gasteiger partial charge in [0.25, 0.3) is 0 Å². The highest BCUT2D eigenvalue weighted by Crippen LogP contribution is 2.17. The van der Waals surface area contributed by atoms with E-state index in [1.807, 2.05) is 0 Å². The highest BCUT2D eigenvalue weighted by Gasteiger charge is 2.27. The highest BCUT2D eigenvalue weighted by atomic mass is 16.7. The first-order chi connectivity index (χ1) is 15.6. The maximum Gasteiger partial charge on any atom is 0.410 e. The SMILES string of the molecule is CC(OC(=O)CCCNCCCCCNC(=O)OC(C)OC(=O)C(C)(C)C)OC(=O)C(C)(C)C. The molecule has 0 aromatic heterocycles. The van der Waals surface area contributed by atoms with Crippen molar-refractivity contribution in [3.05, 3.63) is 0 Å². The fourth-order valence-corrected chi connectivity index (χ4v) is 2.36. The van der Waals surface area contributed by atoms with Crippen LogP contribution in [0.4, 0.5) is 4.79 Å². The summed E-state index contributed by atoms with van der Waals surface area (Å²) in [5.41, 5.74) is -1.31. The third-order valence-electron chi connectivity index (χ3n) is 4.38. The van der Waals surface area contributed by atoms with E-state index in [0.717, 1.165) is 25.8 Å². The standard InChI is InChI=1S/C24H44N2O8/c1-17(32-20(28)23(3,4)5)31-19(27)13-12-15-25-14-10-9-11-16-26-22(30)34-18(2)33-21(29)24(6,7)8/h17-18,25H,9-16H2,1-8H3,(H,26,30). The van der Waals surface area contributed by atoms with Gasteiger partial charge in [0.1, 0.15) is 0 Å². The van der Waals surface area contributed by atoms with E-state index in [-0.39, 0.29) is 6.42 Å². The van der Waals surface area contributed by atoms with Crippen LogP contribution in [-0.2, 0) is 33.3 Å². The fourth-order valence-electron chi connectivity index (χ4n) is 2.36. The lowest BCUT2D eigenvalue weighted by Gasteiger charge is -2.20. The van der Waals surface area contributed by atoms with Crippen LogP contribution in [0.25, 0.3) is 0 Å². The topological polar surface area (TPSA) is 129 Å². The lowest BCUT2D eigenvalue weighted by molar-refractivity contribution is -0.190. The van der Waals surface area contributed by atoms with Gasteiger partial charge in [-0.15, -0.1) is 0 Å². The number of hydrogen-bond acceptors (Lipinski definition) is 9. The molecule has 0 spiro atoms. The number of alkyl carbamates (subject to hydrolysis) is 1. The van der Waals surface area contributed by atoms with Gasteiger partial charge < -0.3 is 29.6 Å².